The van der Waals surface area contributed by atoms with Gasteiger partial charge in [0, 0.05) is 13.0 Å². The molecule has 0 saturated carbocycles. The Morgan fingerprint density at radius 1 is 1.22 bits per heavy atom. The molecule has 96 valence electrons. The molecule has 2 rings (SSSR count). The van der Waals surface area contributed by atoms with E-state index in [4.69, 9.17) is 0 Å². The molecule has 1 fully saturated rings. The lowest BCUT2D eigenvalue weighted by atomic mass is 10.1. The lowest BCUT2D eigenvalue weighted by Crippen LogP contribution is -2.39. The van der Waals surface area contributed by atoms with Gasteiger partial charge in [-0.3, -0.25) is 9.59 Å². The highest BCUT2D eigenvalue weighted by Crippen LogP contribution is 2.29. The molecule has 1 aromatic rings. The highest BCUT2D eigenvalue weighted by atomic mass is 19.4. The molecular weight excluding hydrogens is 249 g/mol. The third-order valence-electron chi connectivity index (χ3n) is 2.61. The minimum absolute atomic E-state index is 0.156. The first kappa shape index (κ1) is 12.5. The summed E-state index contributed by atoms with van der Waals surface area (Å²) < 4.78 is 36.9. The number of piperidine rings is 1. The number of alkyl halides is 3. The molecule has 1 amide bonds. The standard InChI is InChI=1S/C11H9F3N2O2/c12-11(13,14)9-2-1-7(6-15-9)16-4-3-8(17)5-10(16)18/h1-2,6H,3-5H2. The highest BCUT2D eigenvalue weighted by Gasteiger charge is 2.32. The van der Waals surface area contributed by atoms with Crippen LogP contribution in [-0.4, -0.2) is 23.2 Å². The van der Waals surface area contributed by atoms with E-state index >= 15 is 0 Å². The monoisotopic (exact) mass is 258 g/mol. The van der Waals surface area contributed by atoms with E-state index in [1.54, 1.807) is 0 Å². The van der Waals surface area contributed by atoms with Crippen LogP contribution in [0.25, 0.3) is 0 Å². The van der Waals surface area contributed by atoms with Gasteiger partial charge in [0.2, 0.25) is 5.91 Å². The van der Waals surface area contributed by atoms with Crippen molar-refractivity contribution >= 4 is 17.4 Å². The summed E-state index contributed by atoms with van der Waals surface area (Å²) in [6, 6.07) is 2.00. The first-order chi connectivity index (χ1) is 8.38. The van der Waals surface area contributed by atoms with E-state index in [-0.39, 0.29) is 30.9 Å². The molecule has 0 spiro atoms. The van der Waals surface area contributed by atoms with E-state index in [1.165, 1.54) is 11.0 Å². The number of carbonyl (C=O) groups is 2. The number of Topliss-reactive ketones (excluding diaryl/α,β-unsaturated/α-hetero) is 1. The molecule has 4 nitrogen and oxygen atoms in total. The molecule has 1 aromatic heterocycles. The SMILES string of the molecule is O=C1CCN(c2ccc(C(F)(F)F)nc2)C(=O)C1. The Balaban J connectivity index is 2.20. The third-order valence-corrected chi connectivity index (χ3v) is 2.61. The number of aromatic nitrogens is 1. The number of halogens is 3. The molecule has 0 aliphatic carbocycles. The molecule has 0 radical (unpaired) electrons. The number of nitrogens with zero attached hydrogens (tertiary/aromatic N) is 2. The third kappa shape index (κ3) is 2.49. The first-order valence-corrected chi connectivity index (χ1v) is 5.23. The maximum Gasteiger partial charge on any atom is 0.433 e. The average Bonchev–Trinajstić information content (AvgIpc) is 2.28. The zero-order valence-electron chi connectivity index (χ0n) is 9.20. The lowest BCUT2D eigenvalue weighted by molar-refractivity contribution is -0.141. The van der Waals surface area contributed by atoms with E-state index in [1.807, 2.05) is 0 Å². The summed E-state index contributed by atoms with van der Waals surface area (Å²) in [7, 11) is 0. The smallest absolute Gasteiger partial charge is 0.310 e. The van der Waals surface area contributed by atoms with Crippen LogP contribution < -0.4 is 4.90 Å². The summed E-state index contributed by atoms with van der Waals surface area (Å²) in [5.74, 6) is -0.566. The van der Waals surface area contributed by atoms with Gasteiger partial charge in [0.15, 0.2) is 0 Å². The topological polar surface area (TPSA) is 50.3 Å². The molecule has 1 aliphatic heterocycles. The van der Waals surface area contributed by atoms with Crippen LogP contribution in [0.2, 0.25) is 0 Å². The molecule has 0 bridgehead atoms. The second-order valence-electron chi connectivity index (χ2n) is 3.91. The number of pyridine rings is 1. The first-order valence-electron chi connectivity index (χ1n) is 5.23. The Labute approximate surface area is 100 Å². The lowest BCUT2D eigenvalue weighted by Gasteiger charge is -2.25. The second-order valence-corrected chi connectivity index (χ2v) is 3.91. The van der Waals surface area contributed by atoms with Crippen molar-refractivity contribution in [2.75, 3.05) is 11.4 Å². The molecular formula is C11H9F3N2O2. The van der Waals surface area contributed by atoms with Gasteiger partial charge in [-0.25, -0.2) is 4.98 Å². The maximum absolute atomic E-state index is 12.3. The number of rotatable bonds is 1. The Morgan fingerprint density at radius 3 is 2.44 bits per heavy atom. The number of carbonyl (C=O) groups excluding carboxylic acids is 2. The van der Waals surface area contributed by atoms with Gasteiger partial charge in [0.1, 0.15) is 11.5 Å². The highest BCUT2D eigenvalue weighted by molar-refractivity contribution is 6.08. The zero-order valence-corrected chi connectivity index (χ0v) is 9.20. The van der Waals surface area contributed by atoms with Crippen LogP contribution in [-0.2, 0) is 15.8 Å². The molecule has 0 unspecified atom stereocenters. The summed E-state index contributed by atoms with van der Waals surface area (Å²) >= 11 is 0. The summed E-state index contributed by atoms with van der Waals surface area (Å²) in [5.41, 5.74) is -0.729. The summed E-state index contributed by atoms with van der Waals surface area (Å²) in [4.78, 5) is 27.1. The van der Waals surface area contributed by atoms with Crippen LogP contribution in [0.1, 0.15) is 18.5 Å². The van der Waals surface area contributed by atoms with Crippen molar-refractivity contribution < 1.29 is 22.8 Å². The van der Waals surface area contributed by atoms with E-state index in [0.717, 1.165) is 12.3 Å². The average molecular weight is 258 g/mol. The van der Waals surface area contributed by atoms with Crippen LogP contribution in [0.15, 0.2) is 18.3 Å². The van der Waals surface area contributed by atoms with E-state index in [9.17, 15) is 22.8 Å². The van der Waals surface area contributed by atoms with Crippen molar-refractivity contribution in [3.05, 3.63) is 24.0 Å². The molecule has 0 aromatic carbocycles. The number of hydrogen-bond acceptors (Lipinski definition) is 3. The summed E-state index contributed by atoms with van der Waals surface area (Å²) in [6.07, 6.45) is -3.50. The van der Waals surface area contributed by atoms with Gasteiger partial charge in [-0.05, 0) is 12.1 Å². The molecule has 1 aliphatic rings. The molecule has 18 heavy (non-hydrogen) atoms. The van der Waals surface area contributed by atoms with Gasteiger partial charge >= 0.3 is 6.18 Å². The molecule has 2 heterocycles. The Kier molecular flexibility index (Phi) is 3.06. The van der Waals surface area contributed by atoms with Crippen LogP contribution >= 0.6 is 0 Å². The van der Waals surface area contributed by atoms with Gasteiger partial charge in [-0.15, -0.1) is 0 Å². The maximum atomic E-state index is 12.3. The minimum atomic E-state index is -4.50. The number of anilines is 1. The number of hydrogen-bond donors (Lipinski definition) is 0. The van der Waals surface area contributed by atoms with Crippen molar-refractivity contribution in [1.82, 2.24) is 4.98 Å². The number of ketones is 1. The fraction of sp³-hybridized carbons (Fsp3) is 0.364. The molecule has 0 atom stereocenters. The summed E-state index contributed by atoms with van der Waals surface area (Å²) in [5, 5.41) is 0. The number of amides is 1. The van der Waals surface area contributed by atoms with E-state index in [0.29, 0.717) is 0 Å². The Morgan fingerprint density at radius 2 is 1.94 bits per heavy atom. The fourth-order valence-corrected chi connectivity index (χ4v) is 1.70. The van der Waals surface area contributed by atoms with Gasteiger partial charge in [0.05, 0.1) is 18.3 Å². The van der Waals surface area contributed by atoms with E-state index in [2.05, 4.69) is 4.98 Å². The van der Waals surface area contributed by atoms with Gasteiger partial charge < -0.3 is 4.90 Å². The van der Waals surface area contributed by atoms with Crippen LogP contribution in [0.4, 0.5) is 18.9 Å². The van der Waals surface area contributed by atoms with Crippen LogP contribution in [0.5, 0.6) is 0 Å². The van der Waals surface area contributed by atoms with Crippen molar-refractivity contribution in [2.24, 2.45) is 0 Å². The molecule has 1 saturated heterocycles. The second kappa shape index (κ2) is 4.40. The van der Waals surface area contributed by atoms with Crippen molar-refractivity contribution in [2.45, 2.75) is 19.0 Å². The van der Waals surface area contributed by atoms with Gasteiger partial charge in [-0.2, -0.15) is 13.2 Å². The summed E-state index contributed by atoms with van der Waals surface area (Å²) in [6.45, 7) is 0.185. The van der Waals surface area contributed by atoms with Gasteiger partial charge in [-0.1, -0.05) is 0 Å². The van der Waals surface area contributed by atoms with Crippen LogP contribution in [0, 0.1) is 0 Å². The predicted octanol–water partition coefficient (Wildman–Crippen LogP) is 1.80. The Bertz CT molecular complexity index is 482. The normalized spacial score (nSPS) is 17.2. The van der Waals surface area contributed by atoms with Crippen molar-refractivity contribution in [3.8, 4) is 0 Å². The van der Waals surface area contributed by atoms with Crippen molar-refractivity contribution in [3.63, 3.8) is 0 Å². The predicted molar refractivity (Wildman–Crippen MR) is 55.8 cm³/mol. The largest absolute Gasteiger partial charge is 0.433 e. The molecule has 7 heteroatoms. The van der Waals surface area contributed by atoms with Gasteiger partial charge in [0.25, 0.3) is 0 Å². The van der Waals surface area contributed by atoms with Crippen molar-refractivity contribution in [1.29, 1.82) is 0 Å². The quantitative estimate of drug-likeness (QED) is 0.722. The zero-order chi connectivity index (χ0) is 13.3. The molecule has 0 N–H and O–H groups in total. The fourth-order valence-electron chi connectivity index (χ4n) is 1.70. The minimum Gasteiger partial charge on any atom is -0.310 e. The van der Waals surface area contributed by atoms with Crippen LogP contribution in [0.3, 0.4) is 0 Å². The Hall–Kier alpha value is -1.92. The van der Waals surface area contributed by atoms with E-state index < -0.39 is 17.8 Å².